The van der Waals surface area contributed by atoms with Gasteiger partial charge >= 0.3 is 0 Å². The number of aryl methyl sites for hydroxylation is 1. The SMILES string of the molecule is CCNC(CCc1ccsc1)C1C2CC3CC(C2)CC1C3. The summed E-state index contributed by atoms with van der Waals surface area (Å²) in [5.74, 6) is 5.28. The number of nitrogens with one attached hydrogen (secondary N) is 1. The van der Waals surface area contributed by atoms with Gasteiger partial charge in [-0.1, -0.05) is 6.92 Å². The molecule has 1 unspecified atom stereocenters. The first-order valence-corrected chi connectivity index (χ1v) is 10.0. The van der Waals surface area contributed by atoms with Gasteiger partial charge in [0.1, 0.15) is 0 Å². The van der Waals surface area contributed by atoms with E-state index in [1.165, 1.54) is 12.8 Å². The smallest absolute Gasteiger partial charge is 0.0104 e. The summed E-state index contributed by atoms with van der Waals surface area (Å²) in [5.41, 5.74) is 1.55. The maximum atomic E-state index is 3.88. The molecule has 0 aromatic carbocycles. The Morgan fingerprint density at radius 2 is 1.86 bits per heavy atom. The van der Waals surface area contributed by atoms with E-state index in [1.807, 2.05) is 11.3 Å². The molecule has 1 aromatic heterocycles. The molecule has 4 saturated carbocycles. The molecule has 1 heterocycles. The first kappa shape index (κ1) is 14.3. The fourth-order valence-electron chi connectivity index (χ4n) is 6.07. The third kappa shape index (κ3) is 2.82. The molecule has 1 atom stereocenters. The highest BCUT2D eigenvalue weighted by atomic mass is 32.1. The van der Waals surface area contributed by atoms with Crippen LogP contribution < -0.4 is 5.32 Å². The van der Waals surface area contributed by atoms with E-state index in [0.717, 1.165) is 42.2 Å². The summed E-state index contributed by atoms with van der Waals surface area (Å²) in [6.45, 7) is 3.42. The van der Waals surface area contributed by atoms with E-state index in [9.17, 15) is 0 Å². The molecule has 21 heavy (non-hydrogen) atoms. The predicted octanol–water partition coefficient (Wildman–Crippen LogP) is 4.73. The van der Waals surface area contributed by atoms with Crippen LogP contribution in [0.15, 0.2) is 16.8 Å². The molecule has 5 rings (SSSR count). The maximum Gasteiger partial charge on any atom is 0.0104 e. The maximum absolute atomic E-state index is 3.88. The Kier molecular flexibility index (Phi) is 4.10. The summed E-state index contributed by atoms with van der Waals surface area (Å²) in [6, 6.07) is 3.08. The molecule has 2 heteroatoms. The van der Waals surface area contributed by atoms with Crippen molar-refractivity contribution in [3.63, 3.8) is 0 Å². The molecule has 0 aliphatic heterocycles. The second-order valence-corrected chi connectivity index (χ2v) is 8.62. The molecule has 4 fully saturated rings. The zero-order valence-electron chi connectivity index (χ0n) is 13.3. The van der Waals surface area contributed by atoms with E-state index in [4.69, 9.17) is 0 Å². The standard InChI is InChI=1S/C19H29NS/c1-2-20-18(4-3-13-5-6-21-12-13)19-16-8-14-7-15(10-16)11-17(19)9-14/h5-6,12,14-20H,2-4,7-11H2,1H3. The lowest BCUT2D eigenvalue weighted by Crippen LogP contribution is -2.53. The lowest BCUT2D eigenvalue weighted by Gasteiger charge is -2.56. The first-order chi connectivity index (χ1) is 10.3. The van der Waals surface area contributed by atoms with Gasteiger partial charge in [-0.05, 0) is 103 Å². The number of thiophene rings is 1. The second kappa shape index (κ2) is 6.04. The molecular formula is C19H29NS. The fraction of sp³-hybridized carbons (Fsp3) is 0.789. The van der Waals surface area contributed by atoms with Crippen LogP contribution in [-0.2, 0) is 6.42 Å². The molecule has 4 bridgehead atoms. The Balaban J connectivity index is 1.45. The molecule has 1 N–H and O–H groups in total. The number of hydrogen-bond donors (Lipinski definition) is 1. The third-order valence-electron chi connectivity index (χ3n) is 6.55. The lowest BCUT2D eigenvalue weighted by atomic mass is 9.50. The third-order valence-corrected chi connectivity index (χ3v) is 7.29. The van der Waals surface area contributed by atoms with Gasteiger partial charge in [0.05, 0.1) is 0 Å². The molecule has 0 spiro atoms. The quantitative estimate of drug-likeness (QED) is 0.801. The number of hydrogen-bond acceptors (Lipinski definition) is 2. The Morgan fingerprint density at radius 1 is 1.14 bits per heavy atom. The van der Waals surface area contributed by atoms with Crippen LogP contribution in [-0.4, -0.2) is 12.6 Å². The van der Waals surface area contributed by atoms with Gasteiger partial charge in [0, 0.05) is 6.04 Å². The van der Waals surface area contributed by atoms with Gasteiger partial charge in [0.25, 0.3) is 0 Å². The summed E-state index contributed by atoms with van der Waals surface area (Å²) in [5, 5.41) is 8.43. The van der Waals surface area contributed by atoms with Crippen LogP contribution >= 0.6 is 11.3 Å². The van der Waals surface area contributed by atoms with Crippen molar-refractivity contribution in [2.24, 2.45) is 29.6 Å². The van der Waals surface area contributed by atoms with Gasteiger partial charge in [-0.3, -0.25) is 0 Å². The van der Waals surface area contributed by atoms with Crippen molar-refractivity contribution < 1.29 is 0 Å². The van der Waals surface area contributed by atoms with Crippen LogP contribution in [0.25, 0.3) is 0 Å². The van der Waals surface area contributed by atoms with Crippen molar-refractivity contribution in [1.29, 1.82) is 0 Å². The molecule has 0 saturated heterocycles. The highest BCUT2D eigenvalue weighted by Gasteiger charge is 2.50. The van der Waals surface area contributed by atoms with Crippen molar-refractivity contribution >= 4 is 11.3 Å². The van der Waals surface area contributed by atoms with Gasteiger partial charge in [0.15, 0.2) is 0 Å². The monoisotopic (exact) mass is 303 g/mol. The molecular weight excluding hydrogens is 274 g/mol. The number of rotatable bonds is 6. The highest BCUT2D eigenvalue weighted by Crippen LogP contribution is 2.57. The van der Waals surface area contributed by atoms with Crippen LogP contribution in [0.5, 0.6) is 0 Å². The van der Waals surface area contributed by atoms with Gasteiger partial charge in [0.2, 0.25) is 0 Å². The van der Waals surface area contributed by atoms with Crippen molar-refractivity contribution in [3.05, 3.63) is 22.4 Å². The van der Waals surface area contributed by atoms with Crippen LogP contribution in [0, 0.1) is 29.6 Å². The van der Waals surface area contributed by atoms with E-state index in [1.54, 1.807) is 37.7 Å². The lowest BCUT2D eigenvalue weighted by molar-refractivity contribution is -0.0526. The van der Waals surface area contributed by atoms with Gasteiger partial charge in [-0.2, -0.15) is 11.3 Å². The molecule has 4 aliphatic carbocycles. The van der Waals surface area contributed by atoms with Gasteiger partial charge in [-0.25, -0.2) is 0 Å². The molecule has 116 valence electrons. The minimum Gasteiger partial charge on any atom is -0.314 e. The normalized spacial score (nSPS) is 38.8. The second-order valence-electron chi connectivity index (χ2n) is 7.84. The Hall–Kier alpha value is -0.340. The topological polar surface area (TPSA) is 12.0 Å². The molecule has 0 radical (unpaired) electrons. The largest absolute Gasteiger partial charge is 0.314 e. The van der Waals surface area contributed by atoms with Gasteiger partial charge in [-0.15, -0.1) is 0 Å². The van der Waals surface area contributed by atoms with E-state index in [-0.39, 0.29) is 0 Å². The van der Waals surface area contributed by atoms with E-state index in [0.29, 0.717) is 0 Å². The zero-order chi connectivity index (χ0) is 14.2. The average molecular weight is 304 g/mol. The molecule has 1 aromatic rings. The molecule has 1 nitrogen and oxygen atoms in total. The summed E-state index contributed by atoms with van der Waals surface area (Å²) in [4.78, 5) is 0. The minimum atomic E-state index is 0.768. The van der Waals surface area contributed by atoms with Crippen LogP contribution in [0.1, 0.15) is 51.0 Å². The zero-order valence-corrected chi connectivity index (χ0v) is 14.1. The Labute approximate surface area is 133 Å². The van der Waals surface area contributed by atoms with Gasteiger partial charge < -0.3 is 5.32 Å². The molecule has 4 aliphatic rings. The van der Waals surface area contributed by atoms with Crippen LogP contribution in [0.4, 0.5) is 0 Å². The molecule has 0 amide bonds. The first-order valence-electron chi connectivity index (χ1n) is 9.08. The average Bonchev–Trinajstić information content (AvgIpc) is 2.96. The van der Waals surface area contributed by atoms with E-state index >= 15 is 0 Å². The Bertz CT molecular complexity index is 424. The summed E-state index contributed by atoms with van der Waals surface area (Å²) in [6.07, 6.45) is 10.4. The summed E-state index contributed by atoms with van der Waals surface area (Å²) in [7, 11) is 0. The summed E-state index contributed by atoms with van der Waals surface area (Å²) >= 11 is 1.84. The van der Waals surface area contributed by atoms with Crippen molar-refractivity contribution in [2.45, 2.75) is 57.9 Å². The van der Waals surface area contributed by atoms with Crippen LogP contribution in [0.2, 0.25) is 0 Å². The van der Waals surface area contributed by atoms with Crippen molar-refractivity contribution in [2.75, 3.05) is 6.54 Å². The van der Waals surface area contributed by atoms with E-state index in [2.05, 4.69) is 29.1 Å². The van der Waals surface area contributed by atoms with Crippen molar-refractivity contribution in [1.82, 2.24) is 5.32 Å². The van der Waals surface area contributed by atoms with Crippen LogP contribution in [0.3, 0.4) is 0 Å². The summed E-state index contributed by atoms with van der Waals surface area (Å²) < 4.78 is 0. The van der Waals surface area contributed by atoms with E-state index < -0.39 is 0 Å². The van der Waals surface area contributed by atoms with Crippen molar-refractivity contribution in [3.8, 4) is 0 Å². The highest BCUT2D eigenvalue weighted by molar-refractivity contribution is 7.07. The predicted molar refractivity (Wildman–Crippen MR) is 90.6 cm³/mol. The fourth-order valence-corrected chi connectivity index (χ4v) is 6.78. The Morgan fingerprint density at radius 3 is 2.43 bits per heavy atom. The minimum absolute atomic E-state index is 0.768.